The van der Waals surface area contributed by atoms with E-state index < -0.39 is 124 Å². The SMILES string of the molecule is CCC/C=C/CC/C=C/C(O)C(COC1OC(CO)C(OC2OC(CO)C(OC3OC(CO)C(O)C(O)C3O)C(O)C2O)C(O)C1O)NC(=O)CCCCCCCCCCC/C=C\C/C=C\CCCCCCC. The molecule has 0 aliphatic carbocycles. The fourth-order valence-electron chi connectivity index (χ4n) is 9.01. The van der Waals surface area contributed by atoms with E-state index in [1.54, 1.807) is 12.2 Å². The third kappa shape index (κ3) is 23.5. The average Bonchev–Trinajstić information content (AvgIpc) is 3.39. The second-order valence-corrected chi connectivity index (χ2v) is 19.7. The van der Waals surface area contributed by atoms with Crippen LogP contribution in [0.5, 0.6) is 0 Å². The molecule has 0 radical (unpaired) electrons. The first-order chi connectivity index (χ1) is 35.3. The molecule has 0 aromatic rings. The van der Waals surface area contributed by atoms with Gasteiger partial charge in [0.15, 0.2) is 18.9 Å². The van der Waals surface area contributed by atoms with Gasteiger partial charge in [0, 0.05) is 6.42 Å². The van der Waals surface area contributed by atoms with Crippen molar-refractivity contribution in [3.8, 4) is 0 Å². The van der Waals surface area contributed by atoms with Crippen molar-refractivity contribution in [2.75, 3.05) is 26.4 Å². The van der Waals surface area contributed by atoms with E-state index in [0.717, 1.165) is 57.8 Å². The van der Waals surface area contributed by atoms with E-state index in [1.165, 1.54) is 64.2 Å². The van der Waals surface area contributed by atoms with Crippen molar-refractivity contribution in [3.05, 3.63) is 48.6 Å². The predicted octanol–water partition coefficient (Wildman–Crippen LogP) is 3.14. The number of aliphatic hydroxyl groups excluding tert-OH is 11. The minimum Gasteiger partial charge on any atom is -0.394 e. The zero-order valence-corrected chi connectivity index (χ0v) is 43.6. The van der Waals surface area contributed by atoms with Crippen molar-refractivity contribution in [2.45, 2.75) is 259 Å². The van der Waals surface area contributed by atoms with Crippen molar-refractivity contribution < 1.29 is 89.4 Å². The van der Waals surface area contributed by atoms with E-state index in [9.17, 15) is 61.0 Å². The summed E-state index contributed by atoms with van der Waals surface area (Å²) < 4.78 is 34.0. The van der Waals surface area contributed by atoms with Gasteiger partial charge in [-0.05, 0) is 57.8 Å². The van der Waals surface area contributed by atoms with E-state index in [-0.39, 0.29) is 18.9 Å². The number of hydrogen-bond donors (Lipinski definition) is 12. The number of carbonyl (C=O) groups excluding carboxylic acids is 1. The first-order valence-electron chi connectivity index (χ1n) is 27.4. The smallest absolute Gasteiger partial charge is 0.220 e. The summed E-state index contributed by atoms with van der Waals surface area (Å²) in [7, 11) is 0. The molecule has 0 spiro atoms. The van der Waals surface area contributed by atoms with Crippen LogP contribution in [0.15, 0.2) is 48.6 Å². The lowest BCUT2D eigenvalue weighted by molar-refractivity contribution is -0.379. The summed E-state index contributed by atoms with van der Waals surface area (Å²) in [6.07, 6.45) is 13.0. The van der Waals surface area contributed by atoms with Crippen LogP contribution in [0.25, 0.3) is 0 Å². The summed E-state index contributed by atoms with van der Waals surface area (Å²) in [5.74, 6) is -0.298. The van der Waals surface area contributed by atoms with Gasteiger partial charge in [0.1, 0.15) is 73.2 Å². The molecule has 3 aliphatic rings. The Kier molecular flexibility index (Phi) is 34.1. The van der Waals surface area contributed by atoms with Crippen LogP contribution in [-0.2, 0) is 33.2 Å². The van der Waals surface area contributed by atoms with Gasteiger partial charge in [-0.2, -0.15) is 0 Å². The molecule has 73 heavy (non-hydrogen) atoms. The summed E-state index contributed by atoms with van der Waals surface area (Å²) in [5.41, 5.74) is 0. The Morgan fingerprint density at radius 3 is 1.49 bits per heavy atom. The number of allylic oxidation sites excluding steroid dienone is 7. The topological polar surface area (TPSA) is 307 Å². The van der Waals surface area contributed by atoms with Gasteiger partial charge < -0.3 is 89.9 Å². The molecular formula is C54H95NO18. The highest BCUT2D eigenvalue weighted by Gasteiger charge is 2.53. The quantitative estimate of drug-likeness (QED) is 0.0312. The van der Waals surface area contributed by atoms with Crippen LogP contribution in [-0.4, -0.2) is 193 Å². The molecule has 12 N–H and O–H groups in total. The minimum absolute atomic E-state index is 0.228. The maximum absolute atomic E-state index is 13.2. The molecule has 17 atom stereocenters. The fourth-order valence-corrected chi connectivity index (χ4v) is 9.01. The lowest BCUT2D eigenvalue weighted by atomic mass is 9.96. The number of hydrogen-bond acceptors (Lipinski definition) is 18. The Labute approximate surface area is 433 Å². The first kappa shape index (κ1) is 65.0. The molecule has 3 heterocycles. The normalized spacial score (nSPS) is 32.1. The van der Waals surface area contributed by atoms with Crippen LogP contribution >= 0.6 is 0 Å². The molecular weight excluding hydrogens is 951 g/mol. The van der Waals surface area contributed by atoms with E-state index in [1.807, 2.05) is 0 Å². The molecule has 17 unspecified atom stereocenters. The maximum atomic E-state index is 13.2. The second-order valence-electron chi connectivity index (χ2n) is 19.7. The number of aliphatic hydroxyl groups is 11. The molecule has 0 bridgehead atoms. The molecule has 19 heteroatoms. The minimum atomic E-state index is -1.98. The highest BCUT2D eigenvalue weighted by molar-refractivity contribution is 5.76. The zero-order valence-electron chi connectivity index (χ0n) is 43.6. The molecule has 3 aliphatic heterocycles. The van der Waals surface area contributed by atoms with Gasteiger partial charge >= 0.3 is 0 Å². The van der Waals surface area contributed by atoms with Gasteiger partial charge in [-0.1, -0.05) is 140 Å². The van der Waals surface area contributed by atoms with Crippen molar-refractivity contribution in [1.29, 1.82) is 0 Å². The van der Waals surface area contributed by atoms with Crippen molar-refractivity contribution in [2.24, 2.45) is 0 Å². The van der Waals surface area contributed by atoms with Crippen LogP contribution in [0.1, 0.15) is 155 Å². The number of unbranched alkanes of at least 4 members (excludes halogenated alkanes) is 16. The summed E-state index contributed by atoms with van der Waals surface area (Å²) in [6.45, 7) is 1.53. The Bertz CT molecular complexity index is 1530. The third-order valence-corrected chi connectivity index (χ3v) is 13.6. The van der Waals surface area contributed by atoms with Gasteiger partial charge in [0.25, 0.3) is 0 Å². The standard InChI is InChI=1S/C54H95NO18/c1-3-5-7-9-11-12-13-14-15-16-17-18-19-20-21-22-23-24-26-28-30-32-42(60)55-37(38(59)31-29-27-25-10-8-6-4-2)36-68-52-48(66)45(63)50(40(34-57)70-52)73-54-49(67)46(64)51(41(35-58)71-54)72-53-47(65)44(62)43(61)39(33-56)69-53/h8,10,13-14,16-17,29,31,37-41,43-54,56-59,61-67H,3-7,9,11-12,15,18-28,30,32-36H2,1-2H3,(H,55,60)/b10-8+,14-13-,17-16-,31-29+. The van der Waals surface area contributed by atoms with E-state index in [4.69, 9.17) is 28.4 Å². The Balaban J connectivity index is 1.47. The molecule has 19 nitrogen and oxygen atoms in total. The number of rotatable bonds is 38. The molecule has 3 rings (SSSR count). The van der Waals surface area contributed by atoms with Crippen LogP contribution in [0, 0.1) is 0 Å². The summed E-state index contributed by atoms with van der Waals surface area (Å²) in [4.78, 5) is 13.2. The molecule has 3 saturated heterocycles. The van der Waals surface area contributed by atoms with Gasteiger partial charge in [-0.3, -0.25) is 4.79 Å². The Morgan fingerprint density at radius 2 is 0.945 bits per heavy atom. The van der Waals surface area contributed by atoms with Gasteiger partial charge in [0.2, 0.25) is 5.91 Å². The van der Waals surface area contributed by atoms with Crippen LogP contribution in [0.3, 0.4) is 0 Å². The third-order valence-electron chi connectivity index (χ3n) is 13.6. The summed E-state index contributed by atoms with van der Waals surface area (Å²) >= 11 is 0. The monoisotopic (exact) mass is 1050 g/mol. The Hall–Kier alpha value is -2.25. The van der Waals surface area contributed by atoms with E-state index >= 15 is 0 Å². The second kappa shape index (κ2) is 38.3. The summed E-state index contributed by atoms with van der Waals surface area (Å²) in [5, 5.41) is 119. The van der Waals surface area contributed by atoms with Crippen LogP contribution < -0.4 is 5.32 Å². The van der Waals surface area contributed by atoms with Gasteiger partial charge in [-0.15, -0.1) is 0 Å². The first-order valence-corrected chi connectivity index (χ1v) is 27.4. The largest absolute Gasteiger partial charge is 0.394 e. The number of ether oxygens (including phenoxy) is 6. The van der Waals surface area contributed by atoms with Gasteiger partial charge in [0.05, 0.1) is 38.6 Å². The lowest BCUT2D eigenvalue weighted by Crippen LogP contribution is -2.66. The van der Waals surface area contributed by atoms with Crippen LogP contribution in [0.4, 0.5) is 0 Å². The highest BCUT2D eigenvalue weighted by Crippen LogP contribution is 2.33. The van der Waals surface area contributed by atoms with Crippen LogP contribution in [0.2, 0.25) is 0 Å². The van der Waals surface area contributed by atoms with Crippen molar-refractivity contribution in [1.82, 2.24) is 5.32 Å². The zero-order chi connectivity index (χ0) is 53.4. The summed E-state index contributed by atoms with van der Waals surface area (Å²) in [6, 6.07) is -0.989. The fraction of sp³-hybridized carbons (Fsp3) is 0.833. The Morgan fingerprint density at radius 1 is 0.493 bits per heavy atom. The van der Waals surface area contributed by atoms with Crippen molar-refractivity contribution in [3.63, 3.8) is 0 Å². The molecule has 0 aromatic carbocycles. The predicted molar refractivity (Wildman–Crippen MR) is 272 cm³/mol. The number of carbonyl (C=O) groups is 1. The highest BCUT2D eigenvalue weighted by atomic mass is 16.8. The molecule has 3 fully saturated rings. The molecule has 0 aromatic heterocycles. The number of nitrogens with one attached hydrogen (secondary N) is 1. The van der Waals surface area contributed by atoms with Gasteiger partial charge in [-0.25, -0.2) is 0 Å². The molecule has 0 saturated carbocycles. The average molecular weight is 1050 g/mol. The molecule has 424 valence electrons. The number of amides is 1. The lowest BCUT2D eigenvalue weighted by Gasteiger charge is -2.48. The maximum Gasteiger partial charge on any atom is 0.220 e. The van der Waals surface area contributed by atoms with Crippen molar-refractivity contribution >= 4 is 5.91 Å². The molecule has 1 amide bonds. The van der Waals surface area contributed by atoms with E-state index in [0.29, 0.717) is 12.8 Å². The van der Waals surface area contributed by atoms with E-state index in [2.05, 4.69) is 55.6 Å².